The third-order valence-corrected chi connectivity index (χ3v) is 4.69. The van der Waals surface area contributed by atoms with Crippen molar-refractivity contribution in [2.75, 3.05) is 0 Å². The number of rotatable bonds is 3. The van der Waals surface area contributed by atoms with Gasteiger partial charge in [-0.1, -0.05) is 36.4 Å². The SMILES string of the molecule is O=C(c1c[nH]c2ccccc12)C1NC=C(c2c[nH]c3ccccc23)N1. The van der Waals surface area contributed by atoms with Gasteiger partial charge < -0.3 is 20.6 Å². The molecule has 4 N–H and O–H groups in total. The molecular formula is C20H16N4O. The van der Waals surface area contributed by atoms with Crippen LogP contribution >= 0.6 is 0 Å². The molecule has 25 heavy (non-hydrogen) atoms. The molecule has 1 atom stereocenters. The van der Waals surface area contributed by atoms with Crippen molar-refractivity contribution in [2.24, 2.45) is 0 Å². The van der Waals surface area contributed by atoms with Gasteiger partial charge in [-0.3, -0.25) is 4.79 Å². The number of benzene rings is 2. The highest BCUT2D eigenvalue weighted by molar-refractivity contribution is 6.11. The molecule has 3 heterocycles. The third kappa shape index (κ3) is 2.13. The van der Waals surface area contributed by atoms with Crippen LogP contribution in [0.1, 0.15) is 15.9 Å². The van der Waals surface area contributed by atoms with Crippen LogP contribution in [-0.2, 0) is 0 Å². The number of aromatic nitrogens is 2. The summed E-state index contributed by atoms with van der Waals surface area (Å²) in [4.78, 5) is 19.3. The van der Waals surface area contributed by atoms with Gasteiger partial charge in [-0.2, -0.15) is 0 Å². The number of nitrogens with one attached hydrogen (secondary N) is 4. The van der Waals surface area contributed by atoms with Crippen molar-refractivity contribution < 1.29 is 4.79 Å². The fraction of sp³-hybridized carbons (Fsp3) is 0.0500. The number of H-pyrrole nitrogens is 2. The first-order valence-corrected chi connectivity index (χ1v) is 8.21. The van der Waals surface area contributed by atoms with Crippen LogP contribution in [-0.4, -0.2) is 21.9 Å². The normalized spacial score (nSPS) is 16.6. The number of para-hydroxylation sites is 2. The van der Waals surface area contributed by atoms with Gasteiger partial charge in [0.25, 0.3) is 0 Å². The van der Waals surface area contributed by atoms with Crippen LogP contribution in [0, 0.1) is 0 Å². The zero-order valence-electron chi connectivity index (χ0n) is 13.3. The molecule has 0 aliphatic carbocycles. The van der Waals surface area contributed by atoms with E-state index in [1.165, 1.54) is 0 Å². The van der Waals surface area contributed by atoms with E-state index >= 15 is 0 Å². The lowest BCUT2D eigenvalue weighted by Crippen LogP contribution is -2.39. The number of ketones is 1. The van der Waals surface area contributed by atoms with Crippen LogP contribution in [0.2, 0.25) is 0 Å². The number of hydrogen-bond donors (Lipinski definition) is 4. The third-order valence-electron chi connectivity index (χ3n) is 4.69. The summed E-state index contributed by atoms with van der Waals surface area (Å²) in [5.74, 6) is 0.0172. The molecule has 0 spiro atoms. The van der Waals surface area contributed by atoms with E-state index in [-0.39, 0.29) is 5.78 Å². The highest BCUT2D eigenvalue weighted by atomic mass is 16.1. The highest BCUT2D eigenvalue weighted by Gasteiger charge is 2.27. The van der Waals surface area contributed by atoms with E-state index in [0.717, 1.165) is 33.1 Å². The topological polar surface area (TPSA) is 72.7 Å². The largest absolute Gasteiger partial charge is 0.363 e. The average Bonchev–Trinajstić information content (AvgIpc) is 3.38. The lowest BCUT2D eigenvalue weighted by Gasteiger charge is -2.12. The van der Waals surface area contributed by atoms with E-state index in [9.17, 15) is 4.79 Å². The van der Waals surface area contributed by atoms with E-state index in [1.54, 1.807) is 6.20 Å². The second kappa shape index (κ2) is 5.27. The Morgan fingerprint density at radius 2 is 1.52 bits per heavy atom. The summed E-state index contributed by atoms with van der Waals surface area (Å²) < 4.78 is 0. The molecule has 0 bridgehead atoms. The van der Waals surface area contributed by atoms with E-state index in [2.05, 4.69) is 26.7 Å². The minimum Gasteiger partial charge on any atom is -0.363 e. The first-order chi connectivity index (χ1) is 12.3. The van der Waals surface area contributed by atoms with Crippen LogP contribution in [0.5, 0.6) is 0 Å². The molecule has 0 saturated heterocycles. The van der Waals surface area contributed by atoms with Crippen molar-refractivity contribution in [2.45, 2.75) is 6.17 Å². The Morgan fingerprint density at radius 1 is 0.840 bits per heavy atom. The fourth-order valence-corrected chi connectivity index (χ4v) is 3.43. The molecule has 2 aromatic heterocycles. The molecule has 0 saturated carbocycles. The van der Waals surface area contributed by atoms with Crippen molar-refractivity contribution in [1.82, 2.24) is 20.6 Å². The zero-order chi connectivity index (χ0) is 16.8. The summed E-state index contributed by atoms with van der Waals surface area (Å²) >= 11 is 0. The number of hydrogen-bond acceptors (Lipinski definition) is 3. The maximum Gasteiger partial charge on any atom is 0.207 e. The molecule has 1 aliphatic rings. The van der Waals surface area contributed by atoms with Crippen molar-refractivity contribution in [3.8, 4) is 0 Å². The van der Waals surface area contributed by atoms with Crippen molar-refractivity contribution >= 4 is 33.3 Å². The highest BCUT2D eigenvalue weighted by Crippen LogP contribution is 2.26. The number of fused-ring (bicyclic) bond motifs is 2. The molecule has 0 amide bonds. The van der Waals surface area contributed by atoms with Gasteiger partial charge in [0, 0.05) is 51.5 Å². The Hall–Kier alpha value is -3.47. The van der Waals surface area contributed by atoms with Gasteiger partial charge in [0.05, 0.1) is 5.70 Å². The Morgan fingerprint density at radius 3 is 2.36 bits per heavy atom. The van der Waals surface area contributed by atoms with E-state index in [1.807, 2.05) is 54.9 Å². The molecule has 1 unspecified atom stereocenters. The molecule has 1 aliphatic heterocycles. The Bertz CT molecular complexity index is 1130. The molecule has 5 heteroatoms. The maximum absolute atomic E-state index is 12.9. The summed E-state index contributed by atoms with van der Waals surface area (Å²) in [6.45, 7) is 0. The van der Waals surface area contributed by atoms with E-state index in [4.69, 9.17) is 0 Å². The number of carbonyl (C=O) groups is 1. The van der Waals surface area contributed by atoms with Gasteiger partial charge in [0.1, 0.15) is 0 Å². The second-order valence-corrected chi connectivity index (χ2v) is 6.16. The lowest BCUT2D eigenvalue weighted by molar-refractivity contribution is 0.0947. The molecule has 122 valence electrons. The van der Waals surface area contributed by atoms with Crippen LogP contribution < -0.4 is 10.6 Å². The van der Waals surface area contributed by atoms with Crippen molar-refractivity contribution in [3.05, 3.63) is 78.3 Å². The number of aromatic amines is 2. The minimum absolute atomic E-state index is 0.0172. The van der Waals surface area contributed by atoms with Gasteiger partial charge in [-0.15, -0.1) is 0 Å². The first kappa shape index (κ1) is 13.9. The van der Waals surface area contributed by atoms with Crippen molar-refractivity contribution in [3.63, 3.8) is 0 Å². The second-order valence-electron chi connectivity index (χ2n) is 6.16. The molecule has 4 aromatic rings. The zero-order valence-corrected chi connectivity index (χ0v) is 13.3. The lowest BCUT2D eigenvalue weighted by atomic mass is 10.1. The summed E-state index contributed by atoms with van der Waals surface area (Å²) in [6, 6.07) is 15.9. The van der Waals surface area contributed by atoms with Crippen LogP contribution in [0.15, 0.2) is 67.1 Å². The molecule has 0 fully saturated rings. The summed E-state index contributed by atoms with van der Waals surface area (Å²) in [5, 5.41) is 8.54. The molecule has 0 radical (unpaired) electrons. The maximum atomic E-state index is 12.9. The molecular weight excluding hydrogens is 312 g/mol. The van der Waals surface area contributed by atoms with Gasteiger partial charge >= 0.3 is 0 Å². The molecule has 2 aromatic carbocycles. The van der Waals surface area contributed by atoms with Gasteiger partial charge in [-0.05, 0) is 12.1 Å². The number of carbonyl (C=O) groups excluding carboxylic acids is 1. The van der Waals surface area contributed by atoms with Crippen LogP contribution in [0.4, 0.5) is 0 Å². The molecule has 5 nitrogen and oxygen atoms in total. The standard InChI is InChI=1S/C20H16N4O/c25-19(15-10-22-17-8-4-2-6-13(15)17)20-23-11-18(24-20)14-9-21-16-7-3-1-5-12(14)16/h1-11,20-24H. The van der Waals surface area contributed by atoms with Crippen LogP contribution in [0.25, 0.3) is 27.5 Å². The summed E-state index contributed by atoms with van der Waals surface area (Å²) in [7, 11) is 0. The monoisotopic (exact) mass is 328 g/mol. The fourth-order valence-electron chi connectivity index (χ4n) is 3.43. The minimum atomic E-state index is -0.470. The summed E-state index contributed by atoms with van der Waals surface area (Å²) in [6.07, 6.45) is 5.14. The Balaban J connectivity index is 1.44. The Kier molecular flexibility index (Phi) is 2.94. The van der Waals surface area contributed by atoms with E-state index < -0.39 is 6.17 Å². The first-order valence-electron chi connectivity index (χ1n) is 8.21. The predicted molar refractivity (Wildman–Crippen MR) is 99.0 cm³/mol. The van der Waals surface area contributed by atoms with Gasteiger partial charge in [-0.25, -0.2) is 0 Å². The number of Topliss-reactive ketones (excluding diaryl/α,β-unsaturated/α-hetero) is 1. The smallest absolute Gasteiger partial charge is 0.207 e. The Labute approximate surface area is 143 Å². The van der Waals surface area contributed by atoms with E-state index in [0.29, 0.717) is 5.56 Å². The van der Waals surface area contributed by atoms with Gasteiger partial charge in [0.15, 0.2) is 6.17 Å². The van der Waals surface area contributed by atoms with Crippen molar-refractivity contribution in [1.29, 1.82) is 0 Å². The molecule has 5 rings (SSSR count). The predicted octanol–water partition coefficient (Wildman–Crippen LogP) is 3.35. The average molecular weight is 328 g/mol. The van der Waals surface area contributed by atoms with Crippen LogP contribution in [0.3, 0.4) is 0 Å². The summed E-state index contributed by atoms with van der Waals surface area (Å²) in [5.41, 5.74) is 4.70. The quantitative estimate of drug-likeness (QED) is 0.436. The van der Waals surface area contributed by atoms with Gasteiger partial charge in [0.2, 0.25) is 5.78 Å².